The highest BCUT2D eigenvalue weighted by Gasteiger charge is 2.18. The van der Waals surface area contributed by atoms with Crippen molar-refractivity contribution in [1.29, 1.82) is 0 Å². The van der Waals surface area contributed by atoms with Gasteiger partial charge in [-0.05, 0) is 52.3 Å². The van der Waals surface area contributed by atoms with Gasteiger partial charge in [0.1, 0.15) is 5.69 Å². The Morgan fingerprint density at radius 1 is 0.964 bits per heavy atom. The Labute approximate surface area is 172 Å². The molecule has 0 fully saturated rings. The SMILES string of the molecule is O=C(CSc1nnc(-c2ccco2)c(-c2ccco2)n1)Nc1ccccc1Br. The number of amides is 1. The second-order valence-electron chi connectivity index (χ2n) is 5.56. The van der Waals surface area contributed by atoms with E-state index >= 15 is 0 Å². The molecule has 4 rings (SSSR count). The highest BCUT2D eigenvalue weighted by atomic mass is 79.9. The zero-order valence-electron chi connectivity index (χ0n) is 14.3. The van der Waals surface area contributed by atoms with Crippen LogP contribution in [0.5, 0.6) is 0 Å². The number of thioether (sulfide) groups is 1. The zero-order chi connectivity index (χ0) is 19.3. The van der Waals surface area contributed by atoms with E-state index in [1.165, 1.54) is 11.8 Å². The van der Waals surface area contributed by atoms with Gasteiger partial charge in [0.25, 0.3) is 0 Å². The standard InChI is InChI=1S/C19H13BrN4O3S/c20-12-5-1-2-6-13(12)21-16(25)11-28-19-22-17(14-7-3-9-26-14)18(23-24-19)15-8-4-10-27-15/h1-10H,11H2,(H,21,25). The molecule has 140 valence electrons. The molecule has 28 heavy (non-hydrogen) atoms. The molecule has 0 atom stereocenters. The lowest BCUT2D eigenvalue weighted by atomic mass is 10.2. The summed E-state index contributed by atoms with van der Waals surface area (Å²) in [6.45, 7) is 0. The third-order valence-corrected chi connectivity index (χ3v) is 5.19. The summed E-state index contributed by atoms with van der Waals surface area (Å²) in [5, 5.41) is 11.5. The minimum absolute atomic E-state index is 0.140. The normalized spacial score (nSPS) is 10.8. The summed E-state index contributed by atoms with van der Waals surface area (Å²) in [5.41, 5.74) is 1.68. The molecule has 1 N–H and O–H groups in total. The number of carbonyl (C=O) groups is 1. The van der Waals surface area contributed by atoms with Gasteiger partial charge in [0, 0.05) is 4.47 Å². The van der Waals surface area contributed by atoms with Crippen molar-refractivity contribution in [3.8, 4) is 22.9 Å². The fraction of sp³-hybridized carbons (Fsp3) is 0.0526. The first-order valence-corrected chi connectivity index (χ1v) is 9.98. The number of hydrogen-bond donors (Lipinski definition) is 1. The maximum Gasteiger partial charge on any atom is 0.234 e. The van der Waals surface area contributed by atoms with Crippen LogP contribution < -0.4 is 5.32 Å². The molecule has 0 radical (unpaired) electrons. The van der Waals surface area contributed by atoms with Crippen molar-refractivity contribution in [3.05, 3.63) is 65.5 Å². The molecule has 0 bridgehead atoms. The molecule has 1 aromatic carbocycles. The summed E-state index contributed by atoms with van der Waals surface area (Å²) in [7, 11) is 0. The number of nitrogens with one attached hydrogen (secondary N) is 1. The number of anilines is 1. The van der Waals surface area contributed by atoms with Gasteiger partial charge in [0.15, 0.2) is 17.2 Å². The molecule has 0 saturated heterocycles. The molecule has 0 unspecified atom stereocenters. The molecule has 9 heteroatoms. The number of aromatic nitrogens is 3. The Balaban J connectivity index is 1.52. The summed E-state index contributed by atoms with van der Waals surface area (Å²) in [6.07, 6.45) is 3.11. The molecule has 0 spiro atoms. The highest BCUT2D eigenvalue weighted by molar-refractivity contribution is 9.10. The van der Waals surface area contributed by atoms with E-state index in [1.54, 1.807) is 36.8 Å². The maximum atomic E-state index is 12.2. The van der Waals surface area contributed by atoms with Crippen LogP contribution >= 0.6 is 27.7 Å². The first-order valence-electron chi connectivity index (χ1n) is 8.20. The zero-order valence-corrected chi connectivity index (χ0v) is 16.7. The number of hydrogen-bond acceptors (Lipinski definition) is 7. The Morgan fingerprint density at radius 2 is 1.68 bits per heavy atom. The van der Waals surface area contributed by atoms with Crippen molar-refractivity contribution >= 4 is 39.3 Å². The van der Waals surface area contributed by atoms with E-state index in [0.29, 0.717) is 33.8 Å². The average molecular weight is 457 g/mol. The van der Waals surface area contributed by atoms with E-state index in [4.69, 9.17) is 8.83 Å². The van der Waals surface area contributed by atoms with Gasteiger partial charge in [-0.3, -0.25) is 4.79 Å². The minimum Gasteiger partial charge on any atom is -0.463 e. The van der Waals surface area contributed by atoms with Crippen LogP contribution in [-0.4, -0.2) is 26.8 Å². The molecule has 0 aliphatic carbocycles. The number of nitrogens with zero attached hydrogens (tertiary/aromatic N) is 3. The smallest absolute Gasteiger partial charge is 0.234 e. The lowest BCUT2D eigenvalue weighted by Crippen LogP contribution is -2.14. The quantitative estimate of drug-likeness (QED) is 0.412. The van der Waals surface area contributed by atoms with E-state index in [0.717, 1.165) is 4.47 Å². The van der Waals surface area contributed by atoms with Crippen LogP contribution in [0.3, 0.4) is 0 Å². The predicted octanol–water partition coefficient (Wildman–Crippen LogP) is 4.88. The van der Waals surface area contributed by atoms with Crippen molar-refractivity contribution in [2.45, 2.75) is 5.16 Å². The maximum absolute atomic E-state index is 12.2. The van der Waals surface area contributed by atoms with E-state index < -0.39 is 0 Å². The molecule has 1 amide bonds. The number of rotatable bonds is 6. The van der Waals surface area contributed by atoms with Crippen LogP contribution in [-0.2, 0) is 4.79 Å². The second-order valence-corrected chi connectivity index (χ2v) is 7.36. The van der Waals surface area contributed by atoms with Gasteiger partial charge in [0.2, 0.25) is 11.1 Å². The first kappa shape index (κ1) is 18.5. The number of para-hydroxylation sites is 1. The van der Waals surface area contributed by atoms with Crippen molar-refractivity contribution in [2.24, 2.45) is 0 Å². The molecule has 3 heterocycles. The lowest BCUT2D eigenvalue weighted by molar-refractivity contribution is -0.113. The van der Waals surface area contributed by atoms with E-state index in [9.17, 15) is 4.79 Å². The monoisotopic (exact) mass is 456 g/mol. The third-order valence-electron chi connectivity index (χ3n) is 3.66. The molecular weight excluding hydrogens is 444 g/mol. The van der Waals surface area contributed by atoms with Crippen molar-refractivity contribution in [1.82, 2.24) is 15.2 Å². The van der Waals surface area contributed by atoms with E-state index in [1.807, 2.05) is 24.3 Å². The first-order chi connectivity index (χ1) is 13.7. The summed E-state index contributed by atoms with van der Waals surface area (Å²) in [6, 6.07) is 14.5. The van der Waals surface area contributed by atoms with Gasteiger partial charge >= 0.3 is 0 Å². The Morgan fingerprint density at radius 3 is 2.36 bits per heavy atom. The Bertz CT molecular complexity index is 1080. The van der Waals surface area contributed by atoms with Crippen LogP contribution in [0, 0.1) is 0 Å². The Kier molecular flexibility index (Phi) is 5.54. The number of halogens is 1. The number of carbonyl (C=O) groups excluding carboxylic acids is 1. The topological polar surface area (TPSA) is 94.0 Å². The third kappa shape index (κ3) is 4.15. The van der Waals surface area contributed by atoms with Crippen molar-refractivity contribution in [3.63, 3.8) is 0 Å². The molecule has 0 aliphatic heterocycles. The van der Waals surface area contributed by atoms with Gasteiger partial charge in [-0.25, -0.2) is 4.98 Å². The fourth-order valence-corrected chi connectivity index (χ4v) is 3.39. The summed E-state index contributed by atoms with van der Waals surface area (Å²) < 4.78 is 11.7. The number of furan rings is 2. The van der Waals surface area contributed by atoms with Gasteiger partial charge in [-0.2, -0.15) is 0 Å². The molecule has 3 aromatic heterocycles. The van der Waals surface area contributed by atoms with Crippen LogP contribution in [0.1, 0.15) is 0 Å². The lowest BCUT2D eigenvalue weighted by Gasteiger charge is -2.07. The van der Waals surface area contributed by atoms with Gasteiger partial charge in [-0.1, -0.05) is 23.9 Å². The molecule has 4 aromatic rings. The van der Waals surface area contributed by atoms with Crippen molar-refractivity contribution < 1.29 is 13.6 Å². The van der Waals surface area contributed by atoms with Crippen LogP contribution in [0.2, 0.25) is 0 Å². The fourth-order valence-electron chi connectivity index (χ4n) is 2.42. The molecule has 0 aliphatic rings. The molecular formula is C19H13BrN4O3S. The summed E-state index contributed by atoms with van der Waals surface area (Å²) in [4.78, 5) is 16.8. The summed E-state index contributed by atoms with van der Waals surface area (Å²) >= 11 is 4.59. The van der Waals surface area contributed by atoms with Crippen molar-refractivity contribution in [2.75, 3.05) is 11.1 Å². The molecule has 0 saturated carbocycles. The average Bonchev–Trinajstić information content (AvgIpc) is 3.42. The van der Waals surface area contributed by atoms with Gasteiger partial charge < -0.3 is 14.2 Å². The van der Waals surface area contributed by atoms with E-state index in [-0.39, 0.29) is 11.7 Å². The second kappa shape index (κ2) is 8.41. The van der Waals surface area contributed by atoms with Gasteiger partial charge in [-0.15, -0.1) is 10.2 Å². The van der Waals surface area contributed by atoms with Crippen LogP contribution in [0.4, 0.5) is 5.69 Å². The Hall–Kier alpha value is -2.91. The largest absolute Gasteiger partial charge is 0.463 e. The predicted molar refractivity (Wildman–Crippen MR) is 109 cm³/mol. The molecule has 7 nitrogen and oxygen atoms in total. The van der Waals surface area contributed by atoms with E-state index in [2.05, 4.69) is 36.4 Å². The highest BCUT2D eigenvalue weighted by Crippen LogP contribution is 2.30. The summed E-state index contributed by atoms with van der Waals surface area (Å²) in [5.74, 6) is 1.05. The minimum atomic E-state index is -0.171. The van der Waals surface area contributed by atoms with Crippen LogP contribution in [0.15, 0.2) is 79.5 Å². The van der Waals surface area contributed by atoms with Crippen LogP contribution in [0.25, 0.3) is 22.9 Å². The van der Waals surface area contributed by atoms with Gasteiger partial charge in [0.05, 0.1) is 24.0 Å². The number of benzene rings is 1.